The van der Waals surface area contributed by atoms with E-state index in [2.05, 4.69) is 15.5 Å². The van der Waals surface area contributed by atoms with Crippen LogP contribution in [0.1, 0.15) is 16.8 Å². The number of aromatic nitrogens is 6. The van der Waals surface area contributed by atoms with Gasteiger partial charge in [-0.1, -0.05) is 42.1 Å². The summed E-state index contributed by atoms with van der Waals surface area (Å²) in [5, 5.41) is 22.7. The zero-order chi connectivity index (χ0) is 23.5. The standard InChI is InChI=1S/C23H26N6O3S/c1-15-10-11-16(2)20(12-15)32-13-19(30)14-33-23-24-25-26-28(23)21-17(3)27(4)29(22(21)31)18-8-6-5-7-9-18/h5-12,19,30H,13-14H2,1-4H3/t19-/m1/s1. The Labute approximate surface area is 195 Å². The van der Waals surface area contributed by atoms with Crippen molar-refractivity contribution in [2.24, 2.45) is 7.05 Å². The van der Waals surface area contributed by atoms with Crippen molar-refractivity contribution < 1.29 is 9.84 Å². The first-order chi connectivity index (χ1) is 15.9. The number of rotatable bonds is 8. The highest BCUT2D eigenvalue weighted by Gasteiger charge is 2.22. The van der Waals surface area contributed by atoms with Gasteiger partial charge >= 0.3 is 0 Å². The third kappa shape index (κ3) is 4.71. The lowest BCUT2D eigenvalue weighted by Crippen LogP contribution is -2.22. The van der Waals surface area contributed by atoms with E-state index in [1.54, 1.807) is 9.36 Å². The predicted molar refractivity (Wildman–Crippen MR) is 127 cm³/mol. The highest BCUT2D eigenvalue weighted by atomic mass is 32.2. The molecule has 0 fully saturated rings. The van der Waals surface area contributed by atoms with Gasteiger partial charge in [0.1, 0.15) is 12.4 Å². The molecule has 0 spiro atoms. The summed E-state index contributed by atoms with van der Waals surface area (Å²) >= 11 is 1.27. The Morgan fingerprint density at radius 1 is 1.12 bits per heavy atom. The Kier molecular flexibility index (Phi) is 6.66. The van der Waals surface area contributed by atoms with Gasteiger partial charge in [0.25, 0.3) is 5.56 Å². The molecule has 9 nitrogen and oxygen atoms in total. The smallest absolute Gasteiger partial charge is 0.297 e. The molecule has 0 saturated heterocycles. The Hall–Kier alpha value is -3.37. The molecule has 0 amide bonds. The first-order valence-corrected chi connectivity index (χ1v) is 11.5. The van der Waals surface area contributed by atoms with Gasteiger partial charge in [0.2, 0.25) is 5.16 Å². The molecular formula is C23H26N6O3S. The Morgan fingerprint density at radius 2 is 1.88 bits per heavy atom. The van der Waals surface area contributed by atoms with Gasteiger partial charge < -0.3 is 9.84 Å². The fourth-order valence-electron chi connectivity index (χ4n) is 3.47. The highest BCUT2D eigenvalue weighted by Crippen LogP contribution is 2.22. The second-order valence-corrected chi connectivity index (χ2v) is 8.82. The SMILES string of the molecule is Cc1ccc(C)c(OC[C@@H](O)CSc2nnnn2-c2c(C)n(C)n(-c3ccccc3)c2=O)c1. The lowest BCUT2D eigenvalue weighted by atomic mass is 10.1. The van der Waals surface area contributed by atoms with E-state index in [1.807, 2.05) is 76.3 Å². The van der Waals surface area contributed by atoms with Gasteiger partial charge in [-0.25, -0.2) is 4.68 Å². The van der Waals surface area contributed by atoms with Gasteiger partial charge in [0.15, 0.2) is 5.69 Å². The molecule has 1 atom stereocenters. The summed E-state index contributed by atoms with van der Waals surface area (Å²) in [5.74, 6) is 1.06. The van der Waals surface area contributed by atoms with Crippen molar-refractivity contribution in [1.82, 2.24) is 29.6 Å². The fourth-order valence-corrected chi connectivity index (χ4v) is 4.26. The molecule has 0 unspecified atom stereocenters. The number of nitrogens with zero attached hydrogens (tertiary/aromatic N) is 6. The van der Waals surface area contributed by atoms with E-state index in [0.29, 0.717) is 16.6 Å². The number of hydrogen-bond donors (Lipinski definition) is 1. The molecule has 4 rings (SSSR count). The summed E-state index contributed by atoms with van der Waals surface area (Å²) in [6.45, 7) is 5.95. The van der Waals surface area contributed by atoms with Crippen molar-refractivity contribution in [3.8, 4) is 17.1 Å². The van der Waals surface area contributed by atoms with Crippen molar-refractivity contribution in [3.05, 3.63) is 75.7 Å². The van der Waals surface area contributed by atoms with Crippen molar-refractivity contribution in [2.45, 2.75) is 32.0 Å². The van der Waals surface area contributed by atoms with Gasteiger partial charge in [-0.05, 0) is 60.5 Å². The van der Waals surface area contributed by atoms with Crippen LogP contribution in [0.4, 0.5) is 0 Å². The van der Waals surface area contributed by atoms with Crippen LogP contribution in [-0.4, -0.2) is 53.1 Å². The molecule has 0 aliphatic carbocycles. The average molecular weight is 467 g/mol. The first kappa shape index (κ1) is 22.8. The van der Waals surface area contributed by atoms with E-state index in [1.165, 1.54) is 16.4 Å². The van der Waals surface area contributed by atoms with Crippen molar-refractivity contribution in [3.63, 3.8) is 0 Å². The van der Waals surface area contributed by atoms with E-state index >= 15 is 0 Å². The van der Waals surface area contributed by atoms with E-state index in [9.17, 15) is 9.90 Å². The zero-order valence-electron chi connectivity index (χ0n) is 19.0. The molecule has 33 heavy (non-hydrogen) atoms. The maximum atomic E-state index is 13.3. The minimum atomic E-state index is -0.738. The monoisotopic (exact) mass is 466 g/mol. The second-order valence-electron chi connectivity index (χ2n) is 7.83. The quantitative estimate of drug-likeness (QED) is 0.399. The Morgan fingerprint density at radius 3 is 2.64 bits per heavy atom. The van der Waals surface area contributed by atoms with Gasteiger partial charge in [0, 0.05) is 12.8 Å². The van der Waals surface area contributed by atoms with Crippen molar-refractivity contribution in [1.29, 1.82) is 0 Å². The number of aliphatic hydroxyl groups excluding tert-OH is 1. The summed E-state index contributed by atoms with van der Waals surface area (Å²) < 4.78 is 10.6. The third-order valence-electron chi connectivity index (χ3n) is 5.36. The van der Waals surface area contributed by atoms with Crippen LogP contribution in [0.3, 0.4) is 0 Å². The lowest BCUT2D eigenvalue weighted by molar-refractivity contribution is 0.126. The summed E-state index contributed by atoms with van der Waals surface area (Å²) in [5.41, 5.74) is 3.72. The summed E-state index contributed by atoms with van der Waals surface area (Å²) in [6, 6.07) is 15.4. The molecule has 10 heteroatoms. The van der Waals surface area contributed by atoms with Crippen LogP contribution in [0.5, 0.6) is 5.75 Å². The number of aliphatic hydroxyl groups is 1. The van der Waals surface area contributed by atoms with Gasteiger partial charge in [0.05, 0.1) is 17.5 Å². The Balaban J connectivity index is 1.50. The Bertz CT molecular complexity index is 1310. The molecule has 2 aromatic heterocycles. The molecule has 0 aliphatic rings. The van der Waals surface area contributed by atoms with Crippen LogP contribution in [0, 0.1) is 20.8 Å². The van der Waals surface area contributed by atoms with Crippen LogP contribution in [-0.2, 0) is 7.05 Å². The topological polar surface area (TPSA) is 100.0 Å². The average Bonchev–Trinajstić information content (AvgIpc) is 3.35. The van der Waals surface area contributed by atoms with Crippen LogP contribution in [0.15, 0.2) is 58.5 Å². The molecule has 4 aromatic rings. The van der Waals surface area contributed by atoms with Gasteiger partial charge in [-0.3, -0.25) is 9.48 Å². The molecular weight excluding hydrogens is 440 g/mol. The van der Waals surface area contributed by atoms with Crippen LogP contribution in [0.2, 0.25) is 0 Å². The van der Waals surface area contributed by atoms with E-state index in [0.717, 1.165) is 28.3 Å². The molecule has 2 heterocycles. The molecule has 0 bridgehead atoms. The molecule has 0 aliphatic heterocycles. The largest absolute Gasteiger partial charge is 0.491 e. The maximum Gasteiger partial charge on any atom is 0.297 e. The van der Waals surface area contributed by atoms with E-state index < -0.39 is 6.10 Å². The molecule has 0 saturated carbocycles. The normalized spacial score (nSPS) is 12.2. The number of aryl methyl sites for hydroxylation is 2. The number of benzene rings is 2. The molecule has 172 valence electrons. The number of thioether (sulfide) groups is 1. The minimum absolute atomic E-state index is 0.143. The van der Waals surface area contributed by atoms with Crippen molar-refractivity contribution in [2.75, 3.05) is 12.4 Å². The third-order valence-corrected chi connectivity index (χ3v) is 6.42. The van der Waals surface area contributed by atoms with Crippen LogP contribution < -0.4 is 10.3 Å². The lowest BCUT2D eigenvalue weighted by Gasteiger charge is -2.14. The summed E-state index contributed by atoms with van der Waals surface area (Å²) in [7, 11) is 1.82. The second kappa shape index (κ2) is 9.63. The van der Waals surface area contributed by atoms with Gasteiger partial charge in [-0.15, -0.1) is 5.10 Å². The summed E-state index contributed by atoms with van der Waals surface area (Å²) in [4.78, 5) is 13.3. The van der Waals surface area contributed by atoms with Gasteiger partial charge in [-0.2, -0.15) is 4.68 Å². The minimum Gasteiger partial charge on any atom is -0.491 e. The fraction of sp³-hybridized carbons (Fsp3) is 0.304. The predicted octanol–water partition coefficient (Wildman–Crippen LogP) is 2.61. The molecule has 2 aromatic carbocycles. The maximum absolute atomic E-state index is 13.3. The van der Waals surface area contributed by atoms with E-state index in [-0.39, 0.29) is 12.2 Å². The first-order valence-electron chi connectivity index (χ1n) is 10.5. The number of para-hydroxylation sites is 1. The number of hydrogen-bond acceptors (Lipinski definition) is 7. The van der Waals surface area contributed by atoms with Crippen molar-refractivity contribution >= 4 is 11.8 Å². The molecule has 1 N–H and O–H groups in total. The summed E-state index contributed by atoms with van der Waals surface area (Å²) in [6.07, 6.45) is -0.738. The van der Waals surface area contributed by atoms with E-state index in [4.69, 9.17) is 4.74 Å². The van der Waals surface area contributed by atoms with Crippen LogP contribution in [0.25, 0.3) is 11.4 Å². The zero-order valence-corrected chi connectivity index (χ0v) is 19.8. The number of tetrazole rings is 1. The van der Waals surface area contributed by atoms with Crippen LogP contribution >= 0.6 is 11.8 Å². The molecule has 0 radical (unpaired) electrons. The highest BCUT2D eigenvalue weighted by molar-refractivity contribution is 7.99. The number of ether oxygens (including phenoxy) is 1.